The van der Waals surface area contributed by atoms with Crippen LogP contribution in [0.25, 0.3) is 0 Å². The predicted molar refractivity (Wildman–Crippen MR) is 66.4 cm³/mol. The quantitative estimate of drug-likeness (QED) is 0.723. The van der Waals surface area contributed by atoms with Gasteiger partial charge in [-0.2, -0.15) is 0 Å². The molecule has 1 aromatic rings. The topological polar surface area (TPSA) is 23.5 Å². The fraction of sp³-hybridized carbons (Fsp3) is 0.667. The Hall–Kier alpha value is -0.380. The maximum atomic E-state index is 8.71. The van der Waals surface area contributed by atoms with Gasteiger partial charge in [0.2, 0.25) is 0 Å². The maximum Gasteiger partial charge on any atom is 0.0431 e. The largest absolute Gasteiger partial charge is 0.396 e. The van der Waals surface area contributed by atoms with Crippen molar-refractivity contribution < 1.29 is 5.11 Å². The van der Waals surface area contributed by atoms with Gasteiger partial charge < -0.3 is 10.0 Å². The zero-order valence-electron chi connectivity index (χ0n) is 9.65. The number of likely N-dealkylation sites (N-methyl/N-ethyl adjacent to an activating group) is 1. The van der Waals surface area contributed by atoms with E-state index in [2.05, 4.69) is 36.4 Å². The first-order valence-electron chi connectivity index (χ1n) is 5.57. The van der Waals surface area contributed by atoms with Crippen LogP contribution in [0.4, 0.5) is 0 Å². The number of aliphatic hydroxyl groups is 1. The van der Waals surface area contributed by atoms with E-state index in [-0.39, 0.29) is 0 Å². The fourth-order valence-corrected chi connectivity index (χ4v) is 2.40. The van der Waals surface area contributed by atoms with Crippen LogP contribution in [0.2, 0.25) is 0 Å². The highest BCUT2D eigenvalue weighted by Crippen LogP contribution is 2.13. The highest BCUT2D eigenvalue weighted by Gasteiger charge is 2.09. The van der Waals surface area contributed by atoms with E-state index in [1.807, 2.05) is 11.3 Å². The summed E-state index contributed by atoms with van der Waals surface area (Å²) < 4.78 is 0. The Morgan fingerprint density at radius 1 is 1.47 bits per heavy atom. The van der Waals surface area contributed by atoms with E-state index < -0.39 is 0 Å². The summed E-state index contributed by atoms with van der Waals surface area (Å²) in [4.78, 5) is 3.83. The Kier molecular flexibility index (Phi) is 5.91. The fourth-order valence-electron chi connectivity index (χ4n) is 1.57. The van der Waals surface area contributed by atoms with E-state index in [1.54, 1.807) is 0 Å². The van der Waals surface area contributed by atoms with Crippen molar-refractivity contribution in [1.29, 1.82) is 0 Å². The van der Waals surface area contributed by atoms with Crippen LogP contribution in [0.1, 0.15) is 24.6 Å². The van der Waals surface area contributed by atoms with Crippen LogP contribution < -0.4 is 0 Å². The molecule has 1 aromatic heterocycles. The molecule has 0 spiro atoms. The van der Waals surface area contributed by atoms with Crippen molar-refractivity contribution in [2.24, 2.45) is 0 Å². The zero-order valence-corrected chi connectivity index (χ0v) is 10.5. The molecular formula is C12H21NOS. The third-order valence-corrected chi connectivity index (χ3v) is 3.65. The van der Waals surface area contributed by atoms with Gasteiger partial charge >= 0.3 is 0 Å². The Morgan fingerprint density at radius 2 is 2.27 bits per heavy atom. The number of unbranched alkanes of at least 4 members (excludes halogenated alkanes) is 1. The zero-order chi connectivity index (χ0) is 11.1. The molecule has 0 saturated carbocycles. The molecule has 1 heterocycles. The molecule has 86 valence electrons. The summed E-state index contributed by atoms with van der Waals surface area (Å²) >= 11 is 1.83. The van der Waals surface area contributed by atoms with Crippen molar-refractivity contribution >= 4 is 11.3 Å². The molecule has 3 heteroatoms. The first-order chi connectivity index (χ1) is 7.24. The number of thiophene rings is 1. The molecular weight excluding hydrogens is 206 g/mol. The summed E-state index contributed by atoms with van der Waals surface area (Å²) in [6.07, 6.45) is 3.13. The van der Waals surface area contributed by atoms with Crippen molar-refractivity contribution in [2.75, 3.05) is 20.2 Å². The molecule has 0 amide bonds. The summed E-state index contributed by atoms with van der Waals surface area (Å²) in [6.45, 7) is 3.65. The average molecular weight is 227 g/mol. The molecule has 0 aliphatic heterocycles. The Bertz CT molecular complexity index is 248. The second kappa shape index (κ2) is 6.99. The van der Waals surface area contributed by atoms with Gasteiger partial charge in [-0.05, 0) is 51.2 Å². The third kappa shape index (κ3) is 4.78. The van der Waals surface area contributed by atoms with Gasteiger partial charge in [0.15, 0.2) is 0 Å². The SMILES string of the molecule is CC(Cc1cccs1)N(C)CCCCO. The van der Waals surface area contributed by atoms with Crippen LogP contribution in [-0.2, 0) is 6.42 Å². The molecule has 1 unspecified atom stereocenters. The number of rotatable bonds is 7. The molecule has 0 radical (unpaired) electrons. The monoisotopic (exact) mass is 227 g/mol. The molecule has 2 nitrogen and oxygen atoms in total. The number of hydrogen-bond donors (Lipinski definition) is 1. The van der Waals surface area contributed by atoms with Crippen molar-refractivity contribution in [2.45, 2.75) is 32.2 Å². The third-order valence-electron chi connectivity index (χ3n) is 2.75. The molecule has 0 aromatic carbocycles. The van der Waals surface area contributed by atoms with Crippen LogP contribution in [0.15, 0.2) is 17.5 Å². The Morgan fingerprint density at radius 3 is 2.87 bits per heavy atom. The van der Waals surface area contributed by atoms with Crippen molar-refractivity contribution in [1.82, 2.24) is 4.90 Å². The smallest absolute Gasteiger partial charge is 0.0431 e. The van der Waals surface area contributed by atoms with Crippen LogP contribution in [0.5, 0.6) is 0 Å². The van der Waals surface area contributed by atoms with Crippen LogP contribution >= 0.6 is 11.3 Å². The summed E-state index contributed by atoms with van der Waals surface area (Å²) in [5.41, 5.74) is 0. The molecule has 0 bridgehead atoms. The van der Waals surface area contributed by atoms with Gasteiger partial charge in [-0.25, -0.2) is 0 Å². The van der Waals surface area contributed by atoms with Gasteiger partial charge in [0.1, 0.15) is 0 Å². The molecule has 1 rings (SSSR count). The first-order valence-corrected chi connectivity index (χ1v) is 6.45. The maximum absolute atomic E-state index is 8.71. The lowest BCUT2D eigenvalue weighted by atomic mass is 10.1. The molecule has 0 aliphatic carbocycles. The Balaban J connectivity index is 2.23. The number of hydrogen-bond acceptors (Lipinski definition) is 3. The Labute approximate surface area is 96.5 Å². The minimum atomic E-state index is 0.313. The molecule has 15 heavy (non-hydrogen) atoms. The van der Waals surface area contributed by atoms with E-state index >= 15 is 0 Å². The summed E-state index contributed by atoms with van der Waals surface area (Å²) in [5.74, 6) is 0. The first kappa shape index (κ1) is 12.7. The summed E-state index contributed by atoms with van der Waals surface area (Å²) in [5, 5.41) is 10.8. The molecule has 0 aliphatic rings. The highest BCUT2D eigenvalue weighted by atomic mass is 32.1. The normalized spacial score (nSPS) is 13.3. The van der Waals surface area contributed by atoms with Crippen LogP contribution in [-0.4, -0.2) is 36.2 Å². The average Bonchev–Trinajstić information content (AvgIpc) is 2.70. The lowest BCUT2D eigenvalue weighted by Gasteiger charge is -2.24. The van der Waals surface area contributed by atoms with E-state index in [0.29, 0.717) is 12.6 Å². The van der Waals surface area contributed by atoms with Crippen molar-refractivity contribution in [3.63, 3.8) is 0 Å². The second-order valence-electron chi connectivity index (χ2n) is 4.04. The number of nitrogens with zero attached hydrogens (tertiary/aromatic N) is 1. The van der Waals surface area contributed by atoms with Gasteiger partial charge in [0, 0.05) is 17.5 Å². The van der Waals surface area contributed by atoms with E-state index in [0.717, 1.165) is 25.8 Å². The summed E-state index contributed by atoms with van der Waals surface area (Å²) in [7, 11) is 2.16. The van der Waals surface area contributed by atoms with Gasteiger partial charge in [-0.15, -0.1) is 11.3 Å². The van der Waals surface area contributed by atoms with Crippen LogP contribution in [0, 0.1) is 0 Å². The molecule has 0 fully saturated rings. The number of aliphatic hydroxyl groups excluding tert-OH is 1. The van der Waals surface area contributed by atoms with Gasteiger partial charge in [-0.1, -0.05) is 6.07 Å². The lowest BCUT2D eigenvalue weighted by molar-refractivity contribution is 0.231. The summed E-state index contributed by atoms with van der Waals surface area (Å²) in [6, 6.07) is 4.89. The second-order valence-corrected chi connectivity index (χ2v) is 5.08. The van der Waals surface area contributed by atoms with Gasteiger partial charge in [0.25, 0.3) is 0 Å². The van der Waals surface area contributed by atoms with Gasteiger partial charge in [-0.3, -0.25) is 0 Å². The minimum Gasteiger partial charge on any atom is -0.396 e. The molecule has 1 N–H and O–H groups in total. The van der Waals surface area contributed by atoms with E-state index in [9.17, 15) is 0 Å². The predicted octanol–water partition coefficient (Wildman–Crippen LogP) is 2.38. The molecule has 0 saturated heterocycles. The van der Waals surface area contributed by atoms with Crippen molar-refractivity contribution in [3.8, 4) is 0 Å². The van der Waals surface area contributed by atoms with Crippen LogP contribution in [0.3, 0.4) is 0 Å². The molecule has 1 atom stereocenters. The van der Waals surface area contributed by atoms with Gasteiger partial charge in [0.05, 0.1) is 0 Å². The standard InChI is InChI=1S/C12H21NOS/c1-11(10-12-6-5-9-15-12)13(2)7-3-4-8-14/h5-6,9,11,14H,3-4,7-8,10H2,1-2H3. The van der Waals surface area contributed by atoms with E-state index in [1.165, 1.54) is 4.88 Å². The highest BCUT2D eigenvalue weighted by molar-refractivity contribution is 7.09. The van der Waals surface area contributed by atoms with E-state index in [4.69, 9.17) is 5.11 Å². The minimum absolute atomic E-state index is 0.313. The lowest BCUT2D eigenvalue weighted by Crippen LogP contribution is -2.31. The van der Waals surface area contributed by atoms with Crippen molar-refractivity contribution in [3.05, 3.63) is 22.4 Å².